The van der Waals surface area contributed by atoms with Crippen LogP contribution in [0.15, 0.2) is 29.3 Å². The van der Waals surface area contributed by atoms with E-state index in [-0.39, 0.29) is 12.2 Å². The highest BCUT2D eigenvalue weighted by atomic mass is 16.5. The Morgan fingerprint density at radius 3 is 2.75 bits per heavy atom. The van der Waals surface area contributed by atoms with E-state index in [9.17, 15) is 0 Å². The number of aliphatic imine (C=N–C) groups is 1. The minimum Gasteiger partial charge on any atom is -0.374 e. The SMILES string of the molecule is CCNC(=NCC1CCCOC1c1ccc(C)cc1)NCC1CN(C)CCO1. The molecule has 2 fully saturated rings. The van der Waals surface area contributed by atoms with Crippen LogP contribution in [0.4, 0.5) is 0 Å². The van der Waals surface area contributed by atoms with Gasteiger partial charge in [-0.3, -0.25) is 4.99 Å². The third-order valence-electron chi connectivity index (χ3n) is 5.52. The Morgan fingerprint density at radius 1 is 1.18 bits per heavy atom. The zero-order valence-electron chi connectivity index (χ0n) is 17.6. The van der Waals surface area contributed by atoms with E-state index in [1.54, 1.807) is 0 Å². The Balaban J connectivity index is 1.59. The van der Waals surface area contributed by atoms with E-state index in [2.05, 4.69) is 60.7 Å². The Hall–Kier alpha value is -1.63. The molecule has 0 amide bonds. The molecule has 2 N–H and O–H groups in total. The van der Waals surface area contributed by atoms with Crippen molar-refractivity contribution in [1.82, 2.24) is 15.5 Å². The van der Waals surface area contributed by atoms with Crippen molar-refractivity contribution in [3.05, 3.63) is 35.4 Å². The molecule has 2 heterocycles. The first kappa shape index (κ1) is 21.1. The number of hydrogen-bond donors (Lipinski definition) is 2. The van der Waals surface area contributed by atoms with Crippen LogP contribution in [0.2, 0.25) is 0 Å². The Kier molecular flexibility index (Phi) is 8.13. The fraction of sp³-hybridized carbons (Fsp3) is 0.682. The number of benzene rings is 1. The number of morpholine rings is 1. The lowest BCUT2D eigenvalue weighted by Crippen LogP contribution is -2.48. The zero-order chi connectivity index (χ0) is 19.8. The minimum atomic E-state index is 0.135. The molecule has 2 saturated heterocycles. The predicted molar refractivity (Wildman–Crippen MR) is 114 cm³/mol. The van der Waals surface area contributed by atoms with Gasteiger partial charge in [0.1, 0.15) is 0 Å². The van der Waals surface area contributed by atoms with Gasteiger partial charge in [-0.25, -0.2) is 0 Å². The van der Waals surface area contributed by atoms with Crippen molar-refractivity contribution in [2.24, 2.45) is 10.9 Å². The highest BCUT2D eigenvalue weighted by Crippen LogP contribution is 2.33. The molecule has 2 aliphatic rings. The third-order valence-corrected chi connectivity index (χ3v) is 5.52. The summed E-state index contributed by atoms with van der Waals surface area (Å²) in [6.45, 7) is 10.2. The molecule has 2 aliphatic heterocycles. The molecule has 156 valence electrons. The topological polar surface area (TPSA) is 58.1 Å². The minimum absolute atomic E-state index is 0.135. The maximum atomic E-state index is 6.14. The van der Waals surface area contributed by atoms with E-state index in [4.69, 9.17) is 14.5 Å². The molecule has 6 heteroatoms. The van der Waals surface area contributed by atoms with Gasteiger partial charge in [-0.05, 0) is 39.3 Å². The van der Waals surface area contributed by atoms with Crippen LogP contribution in [0.1, 0.15) is 37.0 Å². The molecular weight excluding hydrogens is 352 g/mol. The normalized spacial score (nSPS) is 26.8. The van der Waals surface area contributed by atoms with Crippen LogP contribution in [0.3, 0.4) is 0 Å². The van der Waals surface area contributed by atoms with Gasteiger partial charge in [0.15, 0.2) is 5.96 Å². The van der Waals surface area contributed by atoms with Crippen LogP contribution in [0.25, 0.3) is 0 Å². The van der Waals surface area contributed by atoms with Gasteiger partial charge >= 0.3 is 0 Å². The van der Waals surface area contributed by atoms with Crippen LogP contribution >= 0.6 is 0 Å². The first-order valence-corrected chi connectivity index (χ1v) is 10.7. The first-order chi connectivity index (χ1) is 13.7. The van der Waals surface area contributed by atoms with E-state index < -0.39 is 0 Å². The fourth-order valence-corrected chi connectivity index (χ4v) is 3.91. The quantitative estimate of drug-likeness (QED) is 0.579. The van der Waals surface area contributed by atoms with Gasteiger partial charge in [-0.15, -0.1) is 0 Å². The smallest absolute Gasteiger partial charge is 0.191 e. The fourth-order valence-electron chi connectivity index (χ4n) is 3.91. The molecule has 0 saturated carbocycles. The van der Waals surface area contributed by atoms with Gasteiger partial charge in [0.05, 0.1) is 18.8 Å². The van der Waals surface area contributed by atoms with Gasteiger partial charge in [0.25, 0.3) is 0 Å². The van der Waals surface area contributed by atoms with Crippen LogP contribution in [0, 0.1) is 12.8 Å². The summed E-state index contributed by atoms with van der Waals surface area (Å²) < 4.78 is 12.0. The van der Waals surface area contributed by atoms with E-state index in [1.165, 1.54) is 11.1 Å². The Labute approximate surface area is 169 Å². The number of guanidine groups is 1. The maximum Gasteiger partial charge on any atom is 0.191 e. The number of nitrogens with one attached hydrogen (secondary N) is 2. The van der Waals surface area contributed by atoms with Gasteiger partial charge in [-0.1, -0.05) is 29.8 Å². The monoisotopic (exact) mass is 388 g/mol. The number of nitrogens with zero attached hydrogens (tertiary/aromatic N) is 2. The van der Waals surface area contributed by atoms with Crippen molar-refractivity contribution < 1.29 is 9.47 Å². The second-order valence-corrected chi connectivity index (χ2v) is 7.96. The number of likely N-dealkylation sites (N-methyl/N-ethyl adjacent to an activating group) is 1. The largest absolute Gasteiger partial charge is 0.374 e. The van der Waals surface area contributed by atoms with E-state index in [0.29, 0.717) is 5.92 Å². The summed E-state index contributed by atoms with van der Waals surface area (Å²) in [6.07, 6.45) is 2.60. The summed E-state index contributed by atoms with van der Waals surface area (Å²) in [4.78, 5) is 7.19. The molecule has 0 bridgehead atoms. The first-order valence-electron chi connectivity index (χ1n) is 10.7. The lowest BCUT2D eigenvalue weighted by molar-refractivity contribution is -0.0251. The molecule has 0 aromatic heterocycles. The lowest BCUT2D eigenvalue weighted by atomic mass is 9.89. The molecule has 28 heavy (non-hydrogen) atoms. The van der Waals surface area contributed by atoms with Crippen molar-refractivity contribution in [1.29, 1.82) is 0 Å². The maximum absolute atomic E-state index is 6.14. The molecular formula is C22H36N4O2. The summed E-state index contributed by atoms with van der Waals surface area (Å²) in [7, 11) is 2.14. The summed E-state index contributed by atoms with van der Waals surface area (Å²) in [5.74, 6) is 1.27. The molecule has 3 unspecified atom stereocenters. The average molecular weight is 389 g/mol. The van der Waals surface area contributed by atoms with Gasteiger partial charge in [0.2, 0.25) is 0 Å². The third kappa shape index (κ3) is 6.19. The molecule has 0 spiro atoms. The van der Waals surface area contributed by atoms with Gasteiger partial charge in [-0.2, -0.15) is 0 Å². The van der Waals surface area contributed by atoms with Crippen molar-refractivity contribution in [3.63, 3.8) is 0 Å². The lowest BCUT2D eigenvalue weighted by Gasteiger charge is -2.32. The highest BCUT2D eigenvalue weighted by molar-refractivity contribution is 5.79. The van der Waals surface area contributed by atoms with Gasteiger partial charge < -0.3 is 25.0 Å². The molecule has 0 aliphatic carbocycles. The molecule has 1 aromatic rings. The summed E-state index contributed by atoms with van der Waals surface area (Å²) in [5, 5.41) is 6.82. The van der Waals surface area contributed by atoms with Crippen molar-refractivity contribution >= 4 is 5.96 Å². The molecule has 6 nitrogen and oxygen atoms in total. The molecule has 0 radical (unpaired) electrons. The molecule has 3 atom stereocenters. The summed E-state index contributed by atoms with van der Waals surface area (Å²) in [5.41, 5.74) is 2.55. The van der Waals surface area contributed by atoms with E-state index >= 15 is 0 Å². The number of aryl methyl sites for hydroxylation is 1. The predicted octanol–water partition coefficient (Wildman–Crippen LogP) is 2.35. The standard InChI is InChI=1S/C22H36N4O2/c1-4-23-22(25-15-20-16-26(3)11-13-27-20)24-14-19-6-5-12-28-21(19)18-9-7-17(2)8-10-18/h7-10,19-21H,4-6,11-16H2,1-3H3,(H2,23,24,25). The molecule has 3 rings (SSSR count). The molecule has 1 aromatic carbocycles. The van der Waals surface area contributed by atoms with Crippen LogP contribution in [-0.4, -0.2) is 69.9 Å². The Bertz CT molecular complexity index is 619. The van der Waals surface area contributed by atoms with Crippen molar-refractivity contribution in [3.8, 4) is 0 Å². The van der Waals surface area contributed by atoms with E-state index in [1.807, 2.05) is 0 Å². The summed E-state index contributed by atoms with van der Waals surface area (Å²) in [6, 6.07) is 8.73. The summed E-state index contributed by atoms with van der Waals surface area (Å²) >= 11 is 0. The van der Waals surface area contributed by atoms with Crippen LogP contribution < -0.4 is 10.6 Å². The second kappa shape index (κ2) is 10.8. The van der Waals surface area contributed by atoms with Crippen molar-refractivity contribution in [2.45, 2.75) is 38.9 Å². The highest BCUT2D eigenvalue weighted by Gasteiger charge is 2.27. The van der Waals surface area contributed by atoms with Crippen LogP contribution in [0.5, 0.6) is 0 Å². The Morgan fingerprint density at radius 2 is 2.00 bits per heavy atom. The number of ether oxygens (including phenoxy) is 2. The number of hydrogen-bond acceptors (Lipinski definition) is 4. The van der Waals surface area contributed by atoms with Gasteiger partial charge in [0, 0.05) is 45.2 Å². The average Bonchev–Trinajstić information content (AvgIpc) is 2.71. The van der Waals surface area contributed by atoms with Crippen molar-refractivity contribution in [2.75, 3.05) is 53.0 Å². The van der Waals surface area contributed by atoms with Crippen LogP contribution in [-0.2, 0) is 9.47 Å². The second-order valence-electron chi connectivity index (χ2n) is 7.96. The number of rotatable bonds is 6. The zero-order valence-corrected chi connectivity index (χ0v) is 17.6. The van der Waals surface area contributed by atoms with E-state index in [0.717, 1.165) is 64.7 Å².